The average molecular weight is 298 g/mol. The van der Waals surface area contributed by atoms with Crippen molar-refractivity contribution in [3.63, 3.8) is 0 Å². The second kappa shape index (κ2) is 6.97. The Bertz CT molecular complexity index is 346. The van der Waals surface area contributed by atoms with Gasteiger partial charge in [-0.3, -0.25) is 4.90 Å². The number of carbonyl (C=O) groups is 1. The Morgan fingerprint density at radius 1 is 1.14 bits per heavy atom. The highest BCUT2D eigenvalue weighted by Crippen LogP contribution is 2.29. The minimum absolute atomic E-state index is 0.204. The molecule has 2 atom stereocenters. The van der Waals surface area contributed by atoms with Crippen LogP contribution in [-0.2, 0) is 4.74 Å². The van der Waals surface area contributed by atoms with Gasteiger partial charge >= 0.3 is 6.09 Å². The second-order valence-corrected chi connectivity index (χ2v) is 7.30. The van der Waals surface area contributed by atoms with E-state index in [4.69, 9.17) is 4.74 Å². The molecule has 1 saturated heterocycles. The number of piperazine rings is 1. The van der Waals surface area contributed by atoms with E-state index < -0.39 is 5.60 Å². The Hall–Kier alpha value is -0.810. The lowest BCUT2D eigenvalue weighted by atomic mass is 9.84. The van der Waals surface area contributed by atoms with Gasteiger partial charge in [-0.25, -0.2) is 4.79 Å². The molecule has 2 aliphatic rings. The zero-order valence-electron chi connectivity index (χ0n) is 13.7. The maximum atomic E-state index is 12.1. The summed E-state index contributed by atoms with van der Waals surface area (Å²) in [7, 11) is 0. The second-order valence-electron chi connectivity index (χ2n) is 7.30. The molecule has 0 aromatic heterocycles. The molecule has 1 saturated carbocycles. The van der Waals surface area contributed by atoms with Crippen molar-refractivity contribution in [3.8, 4) is 0 Å². The minimum atomic E-state index is -0.431. The fourth-order valence-corrected chi connectivity index (χ4v) is 3.44. The standard InChI is InChI=1S/C16H30N2O3/c1-16(2,3)21-15(20)18-10-8-17(9-11-18)14-7-5-4-6-13(14)12-19/h13-14,19H,4-12H2,1-3H3/t13-,14-/m1/s1. The number of amides is 1. The van der Waals surface area contributed by atoms with Crippen LogP contribution in [0, 0.1) is 5.92 Å². The van der Waals surface area contributed by atoms with Crippen LogP contribution in [0.15, 0.2) is 0 Å². The SMILES string of the molecule is CC(C)(C)OC(=O)N1CCN([C@@H]2CCCC[C@@H]2CO)CC1. The third-order valence-electron chi connectivity index (χ3n) is 4.54. The molecule has 21 heavy (non-hydrogen) atoms. The normalized spacial score (nSPS) is 28.5. The number of carbonyl (C=O) groups excluding carboxylic acids is 1. The lowest BCUT2D eigenvalue weighted by Gasteiger charge is -2.43. The van der Waals surface area contributed by atoms with Gasteiger partial charge in [-0.05, 0) is 39.5 Å². The summed E-state index contributed by atoms with van der Waals surface area (Å²) in [5, 5.41) is 9.55. The van der Waals surface area contributed by atoms with Crippen LogP contribution in [0.5, 0.6) is 0 Å². The predicted molar refractivity (Wildman–Crippen MR) is 82.2 cm³/mol. The van der Waals surface area contributed by atoms with E-state index in [1.165, 1.54) is 19.3 Å². The van der Waals surface area contributed by atoms with Crippen LogP contribution in [0.2, 0.25) is 0 Å². The minimum Gasteiger partial charge on any atom is -0.444 e. The molecule has 2 rings (SSSR count). The number of aliphatic hydroxyl groups excluding tert-OH is 1. The summed E-state index contributed by atoms with van der Waals surface area (Å²) in [5.74, 6) is 0.409. The van der Waals surface area contributed by atoms with Crippen molar-refractivity contribution in [2.45, 2.75) is 58.1 Å². The van der Waals surface area contributed by atoms with E-state index in [2.05, 4.69) is 4.90 Å². The van der Waals surface area contributed by atoms with Crippen LogP contribution in [-0.4, -0.2) is 65.4 Å². The van der Waals surface area contributed by atoms with Crippen LogP contribution in [0.4, 0.5) is 4.79 Å². The van der Waals surface area contributed by atoms with Crippen LogP contribution in [0.3, 0.4) is 0 Å². The van der Waals surface area contributed by atoms with Crippen molar-refractivity contribution in [2.24, 2.45) is 5.92 Å². The molecule has 2 fully saturated rings. The highest BCUT2D eigenvalue weighted by molar-refractivity contribution is 5.68. The summed E-state index contributed by atoms with van der Waals surface area (Å²) in [4.78, 5) is 16.3. The summed E-state index contributed by atoms with van der Waals surface area (Å²) < 4.78 is 5.43. The summed E-state index contributed by atoms with van der Waals surface area (Å²) in [5.41, 5.74) is -0.431. The molecule has 0 spiro atoms. The van der Waals surface area contributed by atoms with Gasteiger partial charge in [0.1, 0.15) is 5.60 Å². The number of hydrogen-bond acceptors (Lipinski definition) is 4. The molecule has 0 unspecified atom stereocenters. The topological polar surface area (TPSA) is 53.0 Å². The maximum Gasteiger partial charge on any atom is 0.410 e. The molecule has 5 heteroatoms. The van der Waals surface area contributed by atoms with Crippen LogP contribution < -0.4 is 0 Å². The van der Waals surface area contributed by atoms with Gasteiger partial charge in [-0.1, -0.05) is 12.8 Å². The summed E-state index contributed by atoms with van der Waals surface area (Å²) >= 11 is 0. The quantitative estimate of drug-likeness (QED) is 0.848. The largest absolute Gasteiger partial charge is 0.444 e. The monoisotopic (exact) mass is 298 g/mol. The summed E-state index contributed by atoms with van der Waals surface area (Å²) in [6.45, 7) is 9.21. The molecule has 1 heterocycles. The molecular formula is C16H30N2O3. The molecule has 1 N–H and O–H groups in total. The van der Waals surface area contributed by atoms with E-state index in [-0.39, 0.29) is 12.7 Å². The first-order chi connectivity index (χ1) is 9.90. The molecular weight excluding hydrogens is 268 g/mol. The molecule has 0 aromatic rings. The Labute approximate surface area is 128 Å². The molecule has 0 bridgehead atoms. The highest BCUT2D eigenvalue weighted by atomic mass is 16.6. The molecule has 0 radical (unpaired) electrons. The van der Waals surface area contributed by atoms with Gasteiger partial charge < -0.3 is 14.7 Å². The van der Waals surface area contributed by atoms with Crippen LogP contribution in [0.25, 0.3) is 0 Å². The fraction of sp³-hybridized carbons (Fsp3) is 0.938. The first-order valence-corrected chi connectivity index (χ1v) is 8.23. The summed E-state index contributed by atoms with van der Waals surface area (Å²) in [6.07, 6.45) is 4.60. The molecule has 0 aromatic carbocycles. The summed E-state index contributed by atoms with van der Waals surface area (Å²) in [6, 6.07) is 0.490. The van der Waals surface area contributed by atoms with Crippen molar-refractivity contribution in [3.05, 3.63) is 0 Å². The Kier molecular flexibility index (Phi) is 5.49. The van der Waals surface area contributed by atoms with Gasteiger partial charge in [-0.2, -0.15) is 0 Å². The predicted octanol–water partition coefficient (Wildman–Crippen LogP) is 2.09. The zero-order valence-corrected chi connectivity index (χ0v) is 13.7. The zero-order chi connectivity index (χ0) is 15.5. The van der Waals surface area contributed by atoms with Crippen molar-refractivity contribution < 1.29 is 14.6 Å². The number of nitrogens with zero attached hydrogens (tertiary/aromatic N) is 2. The first kappa shape index (κ1) is 16.6. The Morgan fingerprint density at radius 3 is 2.33 bits per heavy atom. The molecule has 122 valence electrons. The van der Waals surface area contributed by atoms with E-state index >= 15 is 0 Å². The van der Waals surface area contributed by atoms with E-state index in [0.29, 0.717) is 12.0 Å². The number of rotatable bonds is 2. The van der Waals surface area contributed by atoms with Gasteiger partial charge in [0, 0.05) is 38.8 Å². The lowest BCUT2D eigenvalue weighted by molar-refractivity contribution is -0.00197. The van der Waals surface area contributed by atoms with E-state index in [1.807, 2.05) is 20.8 Å². The Morgan fingerprint density at radius 2 is 1.76 bits per heavy atom. The van der Waals surface area contributed by atoms with Crippen LogP contribution in [0.1, 0.15) is 46.5 Å². The molecule has 1 amide bonds. The van der Waals surface area contributed by atoms with E-state index in [9.17, 15) is 9.90 Å². The van der Waals surface area contributed by atoms with Crippen molar-refractivity contribution in [2.75, 3.05) is 32.8 Å². The van der Waals surface area contributed by atoms with Gasteiger partial charge in [-0.15, -0.1) is 0 Å². The number of aliphatic hydroxyl groups is 1. The van der Waals surface area contributed by atoms with Crippen molar-refractivity contribution >= 4 is 6.09 Å². The first-order valence-electron chi connectivity index (χ1n) is 8.23. The molecule has 5 nitrogen and oxygen atoms in total. The maximum absolute atomic E-state index is 12.1. The number of ether oxygens (including phenoxy) is 1. The van der Waals surface area contributed by atoms with Gasteiger partial charge in [0.25, 0.3) is 0 Å². The van der Waals surface area contributed by atoms with E-state index in [0.717, 1.165) is 32.6 Å². The van der Waals surface area contributed by atoms with Gasteiger partial charge in [0.05, 0.1) is 0 Å². The van der Waals surface area contributed by atoms with Crippen molar-refractivity contribution in [1.82, 2.24) is 9.80 Å². The van der Waals surface area contributed by atoms with E-state index in [1.54, 1.807) is 4.90 Å². The van der Waals surface area contributed by atoms with Crippen LogP contribution >= 0.6 is 0 Å². The smallest absolute Gasteiger partial charge is 0.410 e. The lowest BCUT2D eigenvalue weighted by Crippen LogP contribution is -2.55. The van der Waals surface area contributed by atoms with Gasteiger partial charge in [0.2, 0.25) is 0 Å². The van der Waals surface area contributed by atoms with Crippen molar-refractivity contribution in [1.29, 1.82) is 0 Å². The third kappa shape index (κ3) is 4.58. The Balaban J connectivity index is 1.83. The highest BCUT2D eigenvalue weighted by Gasteiger charge is 2.33. The molecule has 1 aliphatic heterocycles. The number of hydrogen-bond donors (Lipinski definition) is 1. The van der Waals surface area contributed by atoms with Gasteiger partial charge in [0.15, 0.2) is 0 Å². The average Bonchev–Trinajstić information content (AvgIpc) is 2.45. The third-order valence-corrected chi connectivity index (χ3v) is 4.54. The molecule has 1 aliphatic carbocycles. The fourth-order valence-electron chi connectivity index (χ4n) is 3.44.